The van der Waals surface area contributed by atoms with Gasteiger partial charge in [0.25, 0.3) is 0 Å². The monoisotopic (exact) mass is 250 g/mol. The number of ether oxygens (including phenoxy) is 2. The molecule has 2 N–H and O–H groups in total. The topological polar surface area (TPSA) is 47.7 Å². The fourth-order valence-electron chi connectivity index (χ4n) is 2.31. The van der Waals surface area contributed by atoms with E-state index >= 15 is 0 Å². The minimum atomic E-state index is 0.263. The Morgan fingerprint density at radius 1 is 1.33 bits per heavy atom. The van der Waals surface area contributed by atoms with E-state index in [0.29, 0.717) is 0 Å². The van der Waals surface area contributed by atoms with Crippen LogP contribution in [0.5, 0.6) is 11.5 Å². The maximum atomic E-state index is 6.01. The number of methoxy groups -OCH3 is 1. The summed E-state index contributed by atoms with van der Waals surface area (Å²) in [6.45, 7) is 3.91. The summed E-state index contributed by atoms with van der Waals surface area (Å²) < 4.78 is 11.3. The molecule has 0 aromatic heterocycles. The Balaban J connectivity index is 1.87. The van der Waals surface area contributed by atoms with Crippen molar-refractivity contribution in [2.24, 2.45) is 5.73 Å². The van der Waals surface area contributed by atoms with Crippen LogP contribution in [0.3, 0.4) is 0 Å². The van der Waals surface area contributed by atoms with Crippen molar-refractivity contribution >= 4 is 0 Å². The first kappa shape index (κ1) is 13.2. The first-order valence-corrected chi connectivity index (χ1v) is 6.55. The number of nitrogens with two attached hydrogens (primary N) is 1. The zero-order chi connectivity index (χ0) is 12.8. The Hall–Kier alpha value is -1.26. The fraction of sp³-hybridized carbons (Fsp3) is 0.571. The van der Waals surface area contributed by atoms with Gasteiger partial charge in [0.15, 0.2) is 11.5 Å². The maximum Gasteiger partial charge on any atom is 0.161 e. The van der Waals surface area contributed by atoms with Gasteiger partial charge in [0.05, 0.1) is 7.11 Å². The fourth-order valence-corrected chi connectivity index (χ4v) is 2.31. The molecule has 1 aromatic rings. The molecule has 1 unspecified atom stereocenters. The van der Waals surface area contributed by atoms with Crippen LogP contribution in [0, 0.1) is 0 Å². The zero-order valence-corrected chi connectivity index (χ0v) is 11.0. The van der Waals surface area contributed by atoms with Crippen LogP contribution < -0.4 is 15.2 Å². The molecule has 1 atom stereocenters. The van der Waals surface area contributed by atoms with Gasteiger partial charge in [-0.15, -0.1) is 0 Å². The molecule has 1 heterocycles. The smallest absolute Gasteiger partial charge is 0.161 e. The highest BCUT2D eigenvalue weighted by Crippen LogP contribution is 2.28. The van der Waals surface area contributed by atoms with Crippen molar-refractivity contribution in [2.45, 2.75) is 18.9 Å². The van der Waals surface area contributed by atoms with Crippen LogP contribution in [0.2, 0.25) is 0 Å². The largest absolute Gasteiger partial charge is 0.493 e. The molecule has 1 fully saturated rings. The third-order valence-corrected chi connectivity index (χ3v) is 3.27. The van der Waals surface area contributed by atoms with E-state index in [2.05, 4.69) is 4.90 Å². The molecule has 1 aliphatic heterocycles. The van der Waals surface area contributed by atoms with Crippen LogP contribution in [-0.2, 0) is 0 Å². The molecule has 1 aliphatic rings. The van der Waals surface area contributed by atoms with Gasteiger partial charge in [-0.2, -0.15) is 0 Å². The number of para-hydroxylation sites is 2. The minimum Gasteiger partial charge on any atom is -0.493 e. The minimum absolute atomic E-state index is 0.263. The molecule has 4 heteroatoms. The van der Waals surface area contributed by atoms with Gasteiger partial charge in [-0.25, -0.2) is 0 Å². The number of hydrogen-bond donors (Lipinski definition) is 1. The molecule has 0 aliphatic carbocycles. The van der Waals surface area contributed by atoms with E-state index in [0.717, 1.165) is 50.5 Å². The summed E-state index contributed by atoms with van der Waals surface area (Å²) in [5, 5.41) is 0. The van der Waals surface area contributed by atoms with Crippen LogP contribution in [0.1, 0.15) is 12.8 Å². The summed E-state index contributed by atoms with van der Waals surface area (Å²) in [4.78, 5) is 2.41. The van der Waals surface area contributed by atoms with Crippen molar-refractivity contribution in [3.63, 3.8) is 0 Å². The summed E-state index contributed by atoms with van der Waals surface area (Å²) in [7, 11) is 1.67. The Bertz CT molecular complexity index is 371. The molecule has 1 aromatic carbocycles. The molecule has 0 bridgehead atoms. The van der Waals surface area contributed by atoms with E-state index in [1.165, 1.54) is 0 Å². The van der Waals surface area contributed by atoms with Crippen molar-refractivity contribution in [2.75, 3.05) is 33.3 Å². The standard InChI is InChI=1S/C14H22N2O2/c1-17-13-5-2-3-6-14(13)18-12-7-10-16(11-12)9-4-8-15/h2-3,5-6,12H,4,7-11,15H2,1H3. The summed E-state index contributed by atoms with van der Waals surface area (Å²) in [5.41, 5.74) is 5.53. The average Bonchev–Trinajstić information content (AvgIpc) is 2.84. The Labute approximate surface area is 109 Å². The first-order valence-electron chi connectivity index (χ1n) is 6.55. The average molecular weight is 250 g/mol. The second-order valence-corrected chi connectivity index (χ2v) is 4.62. The van der Waals surface area contributed by atoms with Gasteiger partial charge in [0.1, 0.15) is 6.10 Å². The maximum absolute atomic E-state index is 6.01. The summed E-state index contributed by atoms with van der Waals surface area (Å²) in [6, 6.07) is 7.81. The number of nitrogens with zero attached hydrogens (tertiary/aromatic N) is 1. The summed E-state index contributed by atoms with van der Waals surface area (Å²) in [5.74, 6) is 1.64. The normalized spacial score (nSPS) is 20.0. The molecule has 1 saturated heterocycles. The van der Waals surface area contributed by atoms with Crippen molar-refractivity contribution in [3.05, 3.63) is 24.3 Å². The van der Waals surface area contributed by atoms with Gasteiger partial charge in [-0.1, -0.05) is 12.1 Å². The highest BCUT2D eigenvalue weighted by atomic mass is 16.5. The lowest BCUT2D eigenvalue weighted by Crippen LogP contribution is -2.27. The molecular formula is C14H22N2O2. The summed E-state index contributed by atoms with van der Waals surface area (Å²) in [6.07, 6.45) is 2.39. The van der Waals surface area contributed by atoms with Gasteiger partial charge in [0, 0.05) is 13.1 Å². The Morgan fingerprint density at radius 3 is 2.83 bits per heavy atom. The molecular weight excluding hydrogens is 228 g/mol. The van der Waals surface area contributed by atoms with E-state index in [1.54, 1.807) is 7.11 Å². The van der Waals surface area contributed by atoms with Gasteiger partial charge in [-0.3, -0.25) is 4.90 Å². The van der Waals surface area contributed by atoms with Gasteiger partial charge < -0.3 is 15.2 Å². The highest BCUT2D eigenvalue weighted by Gasteiger charge is 2.24. The molecule has 0 saturated carbocycles. The van der Waals surface area contributed by atoms with Crippen LogP contribution in [0.15, 0.2) is 24.3 Å². The molecule has 100 valence electrons. The van der Waals surface area contributed by atoms with Crippen molar-refractivity contribution in [1.29, 1.82) is 0 Å². The first-order chi connectivity index (χ1) is 8.83. The molecule has 2 rings (SSSR count). The second-order valence-electron chi connectivity index (χ2n) is 4.62. The third kappa shape index (κ3) is 3.37. The Kier molecular flexibility index (Phi) is 4.84. The highest BCUT2D eigenvalue weighted by molar-refractivity contribution is 5.39. The molecule has 0 spiro atoms. The molecule has 0 amide bonds. The lowest BCUT2D eigenvalue weighted by molar-refractivity contribution is 0.192. The van der Waals surface area contributed by atoms with Gasteiger partial charge >= 0.3 is 0 Å². The van der Waals surface area contributed by atoms with Crippen LogP contribution in [0.4, 0.5) is 0 Å². The number of rotatable bonds is 6. The number of benzene rings is 1. The third-order valence-electron chi connectivity index (χ3n) is 3.27. The van der Waals surface area contributed by atoms with Crippen molar-refractivity contribution < 1.29 is 9.47 Å². The van der Waals surface area contributed by atoms with E-state index < -0.39 is 0 Å². The van der Waals surface area contributed by atoms with E-state index in [-0.39, 0.29) is 6.10 Å². The van der Waals surface area contributed by atoms with Crippen LogP contribution in [-0.4, -0.2) is 44.3 Å². The Morgan fingerprint density at radius 2 is 2.11 bits per heavy atom. The number of hydrogen-bond acceptors (Lipinski definition) is 4. The van der Waals surface area contributed by atoms with Gasteiger partial charge in [-0.05, 0) is 38.1 Å². The van der Waals surface area contributed by atoms with E-state index in [1.807, 2.05) is 24.3 Å². The van der Waals surface area contributed by atoms with Gasteiger partial charge in [0.2, 0.25) is 0 Å². The molecule has 0 radical (unpaired) electrons. The molecule has 18 heavy (non-hydrogen) atoms. The predicted octanol–water partition coefficient (Wildman–Crippen LogP) is 1.50. The quantitative estimate of drug-likeness (QED) is 0.831. The van der Waals surface area contributed by atoms with Crippen LogP contribution >= 0.6 is 0 Å². The van der Waals surface area contributed by atoms with E-state index in [9.17, 15) is 0 Å². The van der Waals surface area contributed by atoms with Crippen molar-refractivity contribution in [3.8, 4) is 11.5 Å². The lowest BCUT2D eigenvalue weighted by Gasteiger charge is -2.17. The van der Waals surface area contributed by atoms with Crippen LogP contribution in [0.25, 0.3) is 0 Å². The zero-order valence-electron chi connectivity index (χ0n) is 11.0. The molecule has 4 nitrogen and oxygen atoms in total. The second kappa shape index (κ2) is 6.61. The van der Waals surface area contributed by atoms with E-state index in [4.69, 9.17) is 15.2 Å². The van der Waals surface area contributed by atoms with Crippen molar-refractivity contribution in [1.82, 2.24) is 4.90 Å². The SMILES string of the molecule is COc1ccccc1OC1CCN(CCCN)C1. The predicted molar refractivity (Wildman–Crippen MR) is 72.1 cm³/mol. The number of likely N-dealkylation sites (tertiary alicyclic amines) is 1. The summed E-state index contributed by atoms with van der Waals surface area (Å²) >= 11 is 0. The lowest BCUT2D eigenvalue weighted by atomic mass is 10.3.